The van der Waals surface area contributed by atoms with Gasteiger partial charge in [0.25, 0.3) is 18.3 Å². The zero-order chi connectivity index (χ0) is 28.0. The van der Waals surface area contributed by atoms with E-state index < -0.39 is 29.8 Å². The summed E-state index contributed by atoms with van der Waals surface area (Å²) in [7, 11) is 0. The number of carbonyl (C=O) groups is 1. The highest BCUT2D eigenvalue weighted by Gasteiger charge is 2.63. The predicted molar refractivity (Wildman–Crippen MR) is 133 cm³/mol. The van der Waals surface area contributed by atoms with Gasteiger partial charge >= 0.3 is 0 Å². The number of aromatic nitrogens is 5. The van der Waals surface area contributed by atoms with Gasteiger partial charge in [-0.2, -0.15) is 10.1 Å². The second-order valence-corrected chi connectivity index (χ2v) is 11.2. The number of nitrogens with one attached hydrogen (secondary N) is 1. The Morgan fingerprint density at radius 3 is 2.67 bits per heavy atom. The van der Waals surface area contributed by atoms with Gasteiger partial charge in [-0.25, -0.2) is 22.1 Å². The number of amides is 1. The van der Waals surface area contributed by atoms with Gasteiger partial charge in [0.05, 0.1) is 28.7 Å². The Balaban J connectivity index is 1.08. The highest BCUT2D eigenvalue weighted by Crippen LogP contribution is 2.57. The van der Waals surface area contributed by atoms with E-state index in [9.17, 15) is 27.5 Å². The highest BCUT2D eigenvalue weighted by molar-refractivity contribution is 6.09. The SMILES string of the molecule is Cc1ncc(-c2noc([C@H]3CC3(F)F)n2)cc1NC(=O)c1cnn2ccc(N3CC4(C3)CC(O)(C(F)F)C4)cc12. The first-order valence-electron chi connectivity index (χ1n) is 12.7. The number of fused-ring (bicyclic) bond motifs is 1. The molecule has 2 N–H and O–H groups in total. The molecule has 2 saturated carbocycles. The lowest BCUT2D eigenvalue weighted by Gasteiger charge is -2.62. The summed E-state index contributed by atoms with van der Waals surface area (Å²) in [6.07, 6.45) is 1.68. The fourth-order valence-electron chi connectivity index (χ4n) is 5.86. The van der Waals surface area contributed by atoms with Crippen molar-refractivity contribution >= 4 is 22.8 Å². The van der Waals surface area contributed by atoms with Crippen LogP contribution in [0.5, 0.6) is 0 Å². The number of rotatable bonds is 6. The number of aliphatic hydroxyl groups is 1. The molecule has 0 radical (unpaired) electrons. The smallest absolute Gasteiger partial charge is 0.266 e. The number of alkyl halides is 4. The van der Waals surface area contributed by atoms with Crippen molar-refractivity contribution in [3.05, 3.63) is 53.9 Å². The lowest BCUT2D eigenvalue weighted by atomic mass is 9.55. The first-order valence-corrected chi connectivity index (χ1v) is 12.7. The number of pyridine rings is 2. The van der Waals surface area contributed by atoms with Crippen molar-refractivity contribution in [3.8, 4) is 11.4 Å². The maximum absolute atomic E-state index is 13.4. The molecule has 1 aliphatic heterocycles. The van der Waals surface area contributed by atoms with Crippen molar-refractivity contribution in [1.29, 1.82) is 0 Å². The van der Waals surface area contributed by atoms with Gasteiger partial charge in [0.1, 0.15) is 11.5 Å². The van der Waals surface area contributed by atoms with Crippen molar-refractivity contribution < 1.29 is 32.0 Å². The van der Waals surface area contributed by atoms with Crippen molar-refractivity contribution in [2.45, 2.75) is 50.1 Å². The Bertz CT molecular complexity index is 1650. The third-order valence-electron chi connectivity index (χ3n) is 8.09. The van der Waals surface area contributed by atoms with Crippen LogP contribution >= 0.6 is 0 Å². The van der Waals surface area contributed by atoms with Gasteiger partial charge in [0.2, 0.25) is 11.7 Å². The molecule has 40 heavy (non-hydrogen) atoms. The Morgan fingerprint density at radius 2 is 1.98 bits per heavy atom. The number of hydrogen-bond donors (Lipinski definition) is 2. The van der Waals surface area contributed by atoms with Crippen LogP contribution in [0.25, 0.3) is 16.9 Å². The van der Waals surface area contributed by atoms with Gasteiger partial charge in [-0.05, 0) is 38.0 Å². The number of aryl methyl sites for hydroxylation is 1. The van der Waals surface area contributed by atoms with Crippen molar-refractivity contribution in [1.82, 2.24) is 24.7 Å². The van der Waals surface area contributed by atoms with Crippen LogP contribution in [0, 0.1) is 12.3 Å². The van der Waals surface area contributed by atoms with Gasteiger partial charge in [-0.15, -0.1) is 0 Å². The van der Waals surface area contributed by atoms with Gasteiger partial charge in [-0.3, -0.25) is 9.78 Å². The zero-order valence-electron chi connectivity index (χ0n) is 21.1. The summed E-state index contributed by atoms with van der Waals surface area (Å²) >= 11 is 0. The molecule has 7 rings (SSSR count). The fourth-order valence-corrected chi connectivity index (χ4v) is 5.86. The molecule has 1 saturated heterocycles. The Hall–Kier alpha value is -4.07. The zero-order valence-corrected chi connectivity index (χ0v) is 21.1. The third kappa shape index (κ3) is 3.92. The minimum Gasteiger partial charge on any atom is -0.384 e. The molecule has 1 atom stereocenters. The fraction of sp³-hybridized carbons (Fsp3) is 0.423. The molecule has 14 heteroatoms. The van der Waals surface area contributed by atoms with E-state index in [0.29, 0.717) is 41.1 Å². The van der Waals surface area contributed by atoms with E-state index in [2.05, 4.69) is 25.5 Å². The first-order chi connectivity index (χ1) is 19.0. The van der Waals surface area contributed by atoms with Crippen LogP contribution in [0.1, 0.15) is 47.1 Å². The number of nitrogens with zero attached hydrogens (tertiary/aromatic N) is 6. The second-order valence-electron chi connectivity index (χ2n) is 11.2. The summed E-state index contributed by atoms with van der Waals surface area (Å²) < 4.78 is 59.4. The standard InChI is InChI=1S/C26H23F4N7O3/c1-13-18(4-14(7-31-13)20-34-22(40-35-20)17-6-26(17,29)30)33-21(38)16-8-32-37-3-2-15(5-19(16)37)36-11-24(12-36)9-25(39,10-24)23(27)28/h2-5,7-8,17,23,39H,6,9-12H2,1H3,(H,33,38)/t17-/m1/s1. The summed E-state index contributed by atoms with van der Waals surface area (Å²) in [5.74, 6) is -4.41. The van der Waals surface area contributed by atoms with E-state index in [1.54, 1.807) is 23.7 Å². The van der Waals surface area contributed by atoms with Crippen molar-refractivity contribution in [3.63, 3.8) is 0 Å². The average molecular weight is 558 g/mol. The van der Waals surface area contributed by atoms with Gasteiger partial charge in [0, 0.05) is 48.6 Å². The lowest BCUT2D eigenvalue weighted by Crippen LogP contribution is -2.70. The van der Waals surface area contributed by atoms with Gasteiger partial charge in [0.15, 0.2) is 0 Å². The molecular formula is C26H23F4N7O3. The number of hydrogen-bond acceptors (Lipinski definition) is 8. The minimum atomic E-state index is -2.84. The second kappa shape index (κ2) is 8.22. The number of halogens is 4. The highest BCUT2D eigenvalue weighted by atomic mass is 19.3. The van der Waals surface area contributed by atoms with Crippen LogP contribution < -0.4 is 10.2 Å². The Morgan fingerprint density at radius 1 is 1.23 bits per heavy atom. The van der Waals surface area contributed by atoms with E-state index >= 15 is 0 Å². The molecule has 2 aliphatic carbocycles. The van der Waals surface area contributed by atoms with Gasteiger partial charge < -0.3 is 19.8 Å². The van der Waals surface area contributed by atoms with Crippen LogP contribution in [-0.4, -0.2) is 66.8 Å². The summed E-state index contributed by atoms with van der Waals surface area (Å²) in [6.45, 7) is 2.79. The summed E-state index contributed by atoms with van der Waals surface area (Å²) in [6, 6.07) is 5.24. The van der Waals surface area contributed by atoms with E-state index in [1.165, 1.54) is 12.4 Å². The van der Waals surface area contributed by atoms with E-state index in [1.807, 2.05) is 17.0 Å². The molecule has 0 unspecified atom stereocenters. The minimum absolute atomic E-state index is 0.0709. The molecule has 3 aliphatic rings. The van der Waals surface area contributed by atoms with E-state index in [0.717, 1.165) is 5.69 Å². The van der Waals surface area contributed by atoms with Gasteiger partial charge in [-0.1, -0.05) is 5.16 Å². The average Bonchev–Trinajstić information content (AvgIpc) is 3.23. The molecule has 208 valence electrons. The van der Waals surface area contributed by atoms with Crippen LogP contribution in [0.3, 0.4) is 0 Å². The molecule has 4 aromatic heterocycles. The molecule has 3 fully saturated rings. The largest absolute Gasteiger partial charge is 0.384 e. The third-order valence-corrected chi connectivity index (χ3v) is 8.09. The normalized spacial score (nSPS) is 21.9. The first kappa shape index (κ1) is 24.9. The summed E-state index contributed by atoms with van der Waals surface area (Å²) in [5.41, 5.74) is 0.738. The quantitative estimate of drug-likeness (QED) is 0.341. The molecule has 1 amide bonds. The Kier molecular flexibility index (Phi) is 5.13. The van der Waals surface area contributed by atoms with E-state index in [-0.39, 0.29) is 36.4 Å². The topological polar surface area (TPSA) is 122 Å². The van der Waals surface area contributed by atoms with Crippen molar-refractivity contribution in [2.75, 3.05) is 23.3 Å². The van der Waals surface area contributed by atoms with Crippen molar-refractivity contribution in [2.24, 2.45) is 5.41 Å². The predicted octanol–water partition coefficient (Wildman–Crippen LogP) is 4.06. The molecule has 1 spiro atoms. The molecule has 0 bridgehead atoms. The van der Waals surface area contributed by atoms with Crippen LogP contribution in [0.2, 0.25) is 0 Å². The maximum Gasteiger partial charge on any atom is 0.266 e. The summed E-state index contributed by atoms with van der Waals surface area (Å²) in [5, 5.41) is 20.8. The monoisotopic (exact) mass is 557 g/mol. The molecular weight excluding hydrogens is 534 g/mol. The maximum atomic E-state index is 13.4. The van der Waals surface area contributed by atoms with Crippen LogP contribution in [0.15, 0.2) is 41.3 Å². The molecule has 0 aromatic carbocycles. The molecule has 5 heterocycles. The summed E-state index contributed by atoms with van der Waals surface area (Å²) in [4.78, 5) is 23.7. The lowest BCUT2D eigenvalue weighted by molar-refractivity contribution is -0.209. The van der Waals surface area contributed by atoms with Crippen LogP contribution in [0.4, 0.5) is 28.9 Å². The molecule has 4 aromatic rings. The van der Waals surface area contributed by atoms with E-state index in [4.69, 9.17) is 4.52 Å². The Labute approximate surface area is 224 Å². The van der Waals surface area contributed by atoms with Crippen LogP contribution in [-0.2, 0) is 0 Å². The number of anilines is 2. The number of carbonyl (C=O) groups excluding carboxylic acids is 1. The molecule has 10 nitrogen and oxygen atoms in total.